The molecule has 6 heteroatoms. The quantitative estimate of drug-likeness (QED) is 0.235. The van der Waals surface area contributed by atoms with E-state index in [4.69, 9.17) is 46.4 Å². The molecule has 102 valence electrons. The lowest BCUT2D eigenvalue weighted by molar-refractivity contribution is 0.517. The first-order valence-corrected chi connectivity index (χ1v) is 6.97. The number of fused-ring (bicyclic) bond motifs is 3. The highest BCUT2D eigenvalue weighted by atomic mass is 35.5. The topological polar surface area (TPSA) is 0 Å². The summed E-state index contributed by atoms with van der Waals surface area (Å²) in [7, 11) is 0. The van der Waals surface area contributed by atoms with Crippen LogP contribution in [0.4, 0.5) is 8.78 Å². The van der Waals surface area contributed by atoms with E-state index in [1.807, 2.05) is 0 Å². The van der Waals surface area contributed by atoms with Crippen LogP contribution in [-0.2, 0) is 0 Å². The van der Waals surface area contributed by atoms with E-state index in [-0.39, 0.29) is 30.9 Å². The van der Waals surface area contributed by atoms with Crippen molar-refractivity contribution < 1.29 is 8.78 Å². The van der Waals surface area contributed by atoms with Crippen molar-refractivity contribution in [3.63, 3.8) is 0 Å². The minimum Gasteiger partial charge on any atom is -0.204 e. The molecule has 0 nitrogen and oxygen atoms in total. The molecule has 3 aromatic rings. The average molecular weight is 352 g/mol. The van der Waals surface area contributed by atoms with Crippen molar-refractivity contribution in [2.45, 2.75) is 0 Å². The van der Waals surface area contributed by atoms with Crippen LogP contribution in [0.3, 0.4) is 0 Å². The molecule has 0 amide bonds. The van der Waals surface area contributed by atoms with E-state index in [1.54, 1.807) is 12.1 Å². The fourth-order valence-electron chi connectivity index (χ4n) is 2.18. The van der Waals surface area contributed by atoms with E-state index >= 15 is 0 Å². The standard InChI is InChI=1S/C14H4Cl4F2/c15-10-6-3-1-5-2-4-7(19)14(20)8(5)9(6)11(16)13(18)12(10)17/h1-4H. The lowest BCUT2D eigenvalue weighted by Gasteiger charge is -2.12. The molecule has 0 unspecified atom stereocenters. The Morgan fingerprint density at radius 1 is 0.650 bits per heavy atom. The Labute approximate surface area is 132 Å². The third-order valence-corrected chi connectivity index (χ3v) is 4.93. The fraction of sp³-hybridized carbons (Fsp3) is 0. The molecule has 0 saturated carbocycles. The van der Waals surface area contributed by atoms with Gasteiger partial charge in [-0.15, -0.1) is 0 Å². The maximum atomic E-state index is 14.1. The van der Waals surface area contributed by atoms with E-state index < -0.39 is 11.6 Å². The molecule has 0 spiro atoms. The molecule has 3 rings (SSSR count). The molecule has 0 fully saturated rings. The van der Waals surface area contributed by atoms with Gasteiger partial charge in [0.2, 0.25) is 0 Å². The molecule has 0 aromatic heterocycles. The van der Waals surface area contributed by atoms with E-state index in [1.165, 1.54) is 6.07 Å². The van der Waals surface area contributed by atoms with Crippen LogP contribution < -0.4 is 0 Å². The third kappa shape index (κ3) is 1.86. The van der Waals surface area contributed by atoms with Crippen molar-refractivity contribution in [1.82, 2.24) is 0 Å². The van der Waals surface area contributed by atoms with Gasteiger partial charge in [-0.3, -0.25) is 0 Å². The maximum Gasteiger partial charge on any atom is 0.167 e. The summed E-state index contributed by atoms with van der Waals surface area (Å²) in [6.07, 6.45) is 0. The number of hydrogen-bond acceptors (Lipinski definition) is 0. The molecular formula is C14H4Cl4F2. The van der Waals surface area contributed by atoms with Gasteiger partial charge in [0.1, 0.15) is 0 Å². The second-order valence-corrected chi connectivity index (χ2v) is 5.72. The predicted molar refractivity (Wildman–Crippen MR) is 81.4 cm³/mol. The van der Waals surface area contributed by atoms with Crippen molar-refractivity contribution in [1.29, 1.82) is 0 Å². The molecule has 20 heavy (non-hydrogen) atoms. The van der Waals surface area contributed by atoms with E-state index in [2.05, 4.69) is 0 Å². The minimum absolute atomic E-state index is 0.0157. The lowest BCUT2D eigenvalue weighted by Crippen LogP contribution is -1.90. The zero-order chi connectivity index (χ0) is 14.6. The van der Waals surface area contributed by atoms with Crippen LogP contribution >= 0.6 is 46.4 Å². The highest BCUT2D eigenvalue weighted by molar-refractivity contribution is 6.56. The van der Waals surface area contributed by atoms with Gasteiger partial charge in [0.15, 0.2) is 11.6 Å². The molecule has 3 aromatic carbocycles. The summed E-state index contributed by atoms with van der Waals surface area (Å²) in [6, 6.07) is 5.77. The van der Waals surface area contributed by atoms with Gasteiger partial charge < -0.3 is 0 Å². The van der Waals surface area contributed by atoms with Crippen LogP contribution in [0.2, 0.25) is 20.1 Å². The summed E-state index contributed by atoms with van der Waals surface area (Å²) in [5.74, 6) is -1.97. The van der Waals surface area contributed by atoms with Crippen LogP contribution in [-0.4, -0.2) is 0 Å². The van der Waals surface area contributed by atoms with Crippen molar-refractivity contribution in [3.05, 3.63) is 56.0 Å². The van der Waals surface area contributed by atoms with Crippen LogP contribution in [0.25, 0.3) is 21.5 Å². The van der Waals surface area contributed by atoms with E-state index in [9.17, 15) is 8.78 Å². The van der Waals surface area contributed by atoms with Gasteiger partial charge >= 0.3 is 0 Å². The zero-order valence-electron chi connectivity index (χ0n) is 9.58. The summed E-state index contributed by atoms with van der Waals surface area (Å²) >= 11 is 24.2. The number of hydrogen-bond donors (Lipinski definition) is 0. The summed E-state index contributed by atoms with van der Waals surface area (Å²) in [5.41, 5.74) is 0. The molecule has 0 saturated heterocycles. The minimum atomic E-state index is -0.996. The molecule has 0 atom stereocenters. The molecular weight excluding hydrogens is 348 g/mol. The Morgan fingerprint density at radius 3 is 1.95 bits per heavy atom. The zero-order valence-corrected chi connectivity index (χ0v) is 12.6. The van der Waals surface area contributed by atoms with Gasteiger partial charge in [0.05, 0.1) is 20.1 Å². The highest BCUT2D eigenvalue weighted by Crippen LogP contribution is 2.45. The first-order valence-electron chi connectivity index (χ1n) is 5.46. The van der Waals surface area contributed by atoms with E-state index in [0.29, 0.717) is 10.8 Å². The maximum absolute atomic E-state index is 14.1. The number of benzene rings is 3. The molecule has 0 aliphatic heterocycles. The first kappa shape index (κ1) is 14.2. The molecule has 0 heterocycles. The Balaban J connectivity index is 2.71. The Hall–Kier alpha value is -0.800. The molecule has 0 aliphatic carbocycles. The number of rotatable bonds is 0. The van der Waals surface area contributed by atoms with Crippen molar-refractivity contribution in [3.8, 4) is 0 Å². The molecule has 0 bridgehead atoms. The van der Waals surface area contributed by atoms with Gasteiger partial charge in [-0.05, 0) is 11.5 Å². The normalized spacial score (nSPS) is 11.5. The van der Waals surface area contributed by atoms with E-state index in [0.717, 1.165) is 6.07 Å². The fourth-order valence-corrected chi connectivity index (χ4v) is 3.21. The summed E-state index contributed by atoms with van der Waals surface area (Å²) < 4.78 is 27.6. The van der Waals surface area contributed by atoms with Crippen molar-refractivity contribution >= 4 is 67.9 Å². The molecule has 0 aliphatic rings. The SMILES string of the molecule is Fc1ccc2ccc3c(Cl)c(Cl)c(Cl)c(Cl)c3c2c1F. The third-order valence-electron chi connectivity index (χ3n) is 3.11. The number of halogens is 6. The summed E-state index contributed by atoms with van der Waals surface area (Å²) in [4.78, 5) is 0. The van der Waals surface area contributed by atoms with Crippen LogP contribution in [0, 0.1) is 11.6 Å². The Kier molecular flexibility index (Phi) is 3.46. The van der Waals surface area contributed by atoms with Gasteiger partial charge in [-0.2, -0.15) is 0 Å². The summed E-state index contributed by atoms with van der Waals surface area (Å²) in [5, 5.41) is 1.50. The first-order chi connectivity index (χ1) is 9.43. The second kappa shape index (κ2) is 4.88. The molecule has 0 N–H and O–H groups in total. The monoisotopic (exact) mass is 350 g/mol. The average Bonchev–Trinajstić information content (AvgIpc) is 2.45. The smallest absolute Gasteiger partial charge is 0.167 e. The Morgan fingerprint density at radius 2 is 1.25 bits per heavy atom. The van der Waals surface area contributed by atoms with Crippen LogP contribution in [0.15, 0.2) is 24.3 Å². The molecule has 0 radical (unpaired) electrons. The van der Waals surface area contributed by atoms with Crippen molar-refractivity contribution in [2.24, 2.45) is 0 Å². The second-order valence-electron chi connectivity index (χ2n) is 4.20. The Bertz CT molecular complexity index is 875. The summed E-state index contributed by atoms with van der Waals surface area (Å²) in [6.45, 7) is 0. The van der Waals surface area contributed by atoms with Gasteiger partial charge in [0.25, 0.3) is 0 Å². The lowest BCUT2D eigenvalue weighted by atomic mass is 10.0. The largest absolute Gasteiger partial charge is 0.204 e. The highest BCUT2D eigenvalue weighted by Gasteiger charge is 2.19. The predicted octanol–water partition coefficient (Wildman–Crippen LogP) is 6.88. The van der Waals surface area contributed by atoms with Crippen LogP contribution in [0.1, 0.15) is 0 Å². The van der Waals surface area contributed by atoms with Gasteiger partial charge in [0, 0.05) is 16.2 Å². The van der Waals surface area contributed by atoms with Crippen molar-refractivity contribution in [2.75, 3.05) is 0 Å². The van der Waals surface area contributed by atoms with Crippen LogP contribution in [0.5, 0.6) is 0 Å². The van der Waals surface area contributed by atoms with Gasteiger partial charge in [-0.1, -0.05) is 64.6 Å². The van der Waals surface area contributed by atoms with Gasteiger partial charge in [-0.25, -0.2) is 8.78 Å².